The minimum absolute atomic E-state index is 1.39. The van der Waals surface area contributed by atoms with Crippen LogP contribution in [0.4, 0.5) is 0 Å². The van der Waals surface area contributed by atoms with Gasteiger partial charge in [0.1, 0.15) is 36.6 Å². The second-order valence-electron chi connectivity index (χ2n) is 3.55. The molecule has 1 heterocycles. The molecule has 0 bridgehead atoms. The standard InChI is InChI=1S/C6H11O8P/c7-1-2(8)4(10)6-5(3(1)9)13-15(11,12)14-6/h1-10H,(H,11,12)/p-1/t1-,2-,3+,4+,5-,6+/m0/s1. The molecule has 2 rings (SSSR count). The molecule has 0 aromatic heterocycles. The molecule has 0 amide bonds. The topological polar surface area (TPSA) is 140 Å². The van der Waals surface area contributed by atoms with E-state index in [1.807, 2.05) is 0 Å². The van der Waals surface area contributed by atoms with Crippen LogP contribution in [0.1, 0.15) is 0 Å². The zero-order valence-electron chi connectivity index (χ0n) is 7.33. The van der Waals surface area contributed by atoms with Gasteiger partial charge in [0.2, 0.25) is 0 Å². The average Bonchev–Trinajstić information content (AvgIpc) is 2.48. The van der Waals surface area contributed by atoms with Crippen LogP contribution in [0.2, 0.25) is 0 Å². The van der Waals surface area contributed by atoms with Crippen LogP contribution in [-0.4, -0.2) is 57.0 Å². The van der Waals surface area contributed by atoms with Gasteiger partial charge < -0.3 is 34.4 Å². The Morgan fingerprint density at radius 3 is 1.53 bits per heavy atom. The van der Waals surface area contributed by atoms with Crippen molar-refractivity contribution in [3.63, 3.8) is 0 Å². The molecular weight excluding hydrogens is 231 g/mol. The summed E-state index contributed by atoms with van der Waals surface area (Å²) in [6, 6.07) is 0. The summed E-state index contributed by atoms with van der Waals surface area (Å²) >= 11 is 0. The zero-order valence-corrected chi connectivity index (χ0v) is 8.23. The summed E-state index contributed by atoms with van der Waals surface area (Å²) in [6.45, 7) is 0. The monoisotopic (exact) mass is 241 g/mol. The maximum absolute atomic E-state index is 10.9. The Labute approximate surface area is 84.3 Å². The normalized spacial score (nSPS) is 60.3. The fourth-order valence-corrected chi connectivity index (χ4v) is 2.88. The molecule has 7 atom stereocenters. The third-order valence-corrected chi connectivity index (χ3v) is 3.55. The van der Waals surface area contributed by atoms with Gasteiger partial charge in [0.15, 0.2) is 0 Å². The molecule has 2 fully saturated rings. The van der Waals surface area contributed by atoms with Crippen LogP contribution in [0.5, 0.6) is 0 Å². The lowest BCUT2D eigenvalue weighted by Gasteiger charge is -2.38. The minimum atomic E-state index is -4.57. The van der Waals surface area contributed by atoms with E-state index in [2.05, 4.69) is 9.05 Å². The minimum Gasteiger partial charge on any atom is -0.756 e. The fraction of sp³-hybridized carbons (Fsp3) is 1.00. The van der Waals surface area contributed by atoms with Crippen molar-refractivity contribution >= 4 is 7.82 Å². The smallest absolute Gasteiger partial charge is 0.268 e. The van der Waals surface area contributed by atoms with Crippen molar-refractivity contribution in [1.29, 1.82) is 0 Å². The van der Waals surface area contributed by atoms with E-state index in [1.165, 1.54) is 0 Å². The molecule has 9 heteroatoms. The van der Waals surface area contributed by atoms with Crippen molar-refractivity contribution in [2.24, 2.45) is 0 Å². The molecule has 0 aromatic rings. The van der Waals surface area contributed by atoms with Crippen LogP contribution in [0.15, 0.2) is 0 Å². The highest BCUT2D eigenvalue weighted by Gasteiger charge is 2.55. The first-order valence-corrected chi connectivity index (χ1v) is 5.70. The second kappa shape index (κ2) is 3.47. The largest absolute Gasteiger partial charge is 0.756 e. The number of aliphatic hydroxyl groups is 4. The molecule has 0 aromatic carbocycles. The molecule has 88 valence electrons. The second-order valence-corrected chi connectivity index (χ2v) is 4.87. The summed E-state index contributed by atoms with van der Waals surface area (Å²) < 4.78 is 19.6. The highest BCUT2D eigenvalue weighted by atomic mass is 31.2. The van der Waals surface area contributed by atoms with Gasteiger partial charge >= 0.3 is 0 Å². The molecule has 1 aliphatic carbocycles. The Morgan fingerprint density at radius 1 is 0.867 bits per heavy atom. The molecule has 2 aliphatic rings. The van der Waals surface area contributed by atoms with E-state index in [0.29, 0.717) is 0 Å². The van der Waals surface area contributed by atoms with Gasteiger partial charge in [-0.1, -0.05) is 0 Å². The molecule has 1 aliphatic heterocycles. The summed E-state index contributed by atoms with van der Waals surface area (Å²) in [5.41, 5.74) is 0. The molecule has 0 spiro atoms. The lowest BCUT2D eigenvalue weighted by atomic mass is 9.85. The van der Waals surface area contributed by atoms with E-state index in [0.717, 1.165) is 0 Å². The predicted molar refractivity (Wildman–Crippen MR) is 41.4 cm³/mol. The molecule has 4 N–H and O–H groups in total. The van der Waals surface area contributed by atoms with Crippen LogP contribution in [-0.2, 0) is 13.6 Å². The molecule has 8 nitrogen and oxygen atoms in total. The number of fused-ring (bicyclic) bond motifs is 1. The van der Waals surface area contributed by atoms with Gasteiger partial charge in [0.25, 0.3) is 7.82 Å². The Bertz CT molecular complexity index is 282. The number of phosphoric acid groups is 1. The molecule has 15 heavy (non-hydrogen) atoms. The van der Waals surface area contributed by atoms with Crippen molar-refractivity contribution in [2.45, 2.75) is 36.6 Å². The van der Waals surface area contributed by atoms with Crippen LogP contribution in [0.25, 0.3) is 0 Å². The lowest BCUT2D eigenvalue weighted by molar-refractivity contribution is -0.217. The van der Waals surface area contributed by atoms with Crippen LogP contribution < -0.4 is 4.89 Å². The maximum atomic E-state index is 10.9. The lowest BCUT2D eigenvalue weighted by Crippen LogP contribution is -2.62. The van der Waals surface area contributed by atoms with Gasteiger partial charge in [-0.05, 0) is 0 Å². The number of aliphatic hydroxyl groups excluding tert-OH is 4. The quantitative estimate of drug-likeness (QED) is 0.323. The van der Waals surface area contributed by atoms with Crippen molar-refractivity contribution < 1.29 is 38.9 Å². The summed E-state index contributed by atoms with van der Waals surface area (Å²) in [6.07, 6.45) is -9.38. The first-order chi connectivity index (χ1) is 6.83. The Balaban J connectivity index is 2.27. The summed E-state index contributed by atoms with van der Waals surface area (Å²) in [5, 5.41) is 37.3. The van der Waals surface area contributed by atoms with Gasteiger partial charge in [0, 0.05) is 0 Å². The van der Waals surface area contributed by atoms with E-state index in [4.69, 9.17) is 0 Å². The van der Waals surface area contributed by atoms with Gasteiger partial charge in [-0.3, -0.25) is 4.57 Å². The van der Waals surface area contributed by atoms with Gasteiger partial charge in [-0.15, -0.1) is 0 Å². The van der Waals surface area contributed by atoms with Crippen LogP contribution in [0.3, 0.4) is 0 Å². The first-order valence-electron chi connectivity index (χ1n) is 4.23. The summed E-state index contributed by atoms with van der Waals surface area (Å²) in [4.78, 5) is 10.9. The number of hydrogen-bond donors (Lipinski definition) is 4. The van der Waals surface area contributed by atoms with Crippen molar-refractivity contribution in [2.75, 3.05) is 0 Å². The van der Waals surface area contributed by atoms with Crippen LogP contribution >= 0.6 is 7.82 Å². The Kier molecular flexibility index (Phi) is 2.65. The third-order valence-electron chi connectivity index (χ3n) is 2.55. The SMILES string of the molecule is O=P1([O-])O[C@@H]2[C@H](O)[C@@H](O)[C@H](O)[C@@H](O)[C@@H]2O1. The van der Waals surface area contributed by atoms with Crippen molar-refractivity contribution in [3.8, 4) is 0 Å². The Morgan fingerprint density at radius 2 is 1.20 bits per heavy atom. The van der Waals surface area contributed by atoms with E-state index >= 15 is 0 Å². The van der Waals surface area contributed by atoms with E-state index in [1.54, 1.807) is 0 Å². The van der Waals surface area contributed by atoms with Crippen LogP contribution in [0, 0.1) is 0 Å². The molecule has 1 saturated carbocycles. The summed E-state index contributed by atoms with van der Waals surface area (Å²) in [7, 11) is -4.57. The zero-order chi connectivity index (χ0) is 11.4. The molecule has 1 unspecified atom stereocenters. The molecular formula is C6H10O8P-. The number of hydrogen-bond acceptors (Lipinski definition) is 8. The molecule has 1 saturated heterocycles. The van der Waals surface area contributed by atoms with E-state index in [9.17, 15) is 29.9 Å². The van der Waals surface area contributed by atoms with Gasteiger partial charge in [-0.25, -0.2) is 0 Å². The maximum Gasteiger partial charge on any atom is 0.268 e. The number of rotatable bonds is 0. The number of phosphoric ester groups is 1. The van der Waals surface area contributed by atoms with E-state index in [-0.39, 0.29) is 0 Å². The first kappa shape index (κ1) is 11.4. The Hall–Kier alpha value is -0.0500. The molecule has 0 radical (unpaired) electrons. The predicted octanol–water partition coefficient (Wildman–Crippen LogP) is -3.30. The van der Waals surface area contributed by atoms with Gasteiger partial charge in [0.05, 0.1) is 0 Å². The van der Waals surface area contributed by atoms with E-state index < -0.39 is 44.4 Å². The van der Waals surface area contributed by atoms with Gasteiger partial charge in [-0.2, -0.15) is 0 Å². The highest BCUT2D eigenvalue weighted by molar-refractivity contribution is 7.46. The fourth-order valence-electron chi connectivity index (χ4n) is 1.75. The van der Waals surface area contributed by atoms with Crippen molar-refractivity contribution in [3.05, 3.63) is 0 Å². The average molecular weight is 241 g/mol. The summed E-state index contributed by atoms with van der Waals surface area (Å²) in [5.74, 6) is 0. The third kappa shape index (κ3) is 1.73. The van der Waals surface area contributed by atoms with Crippen molar-refractivity contribution in [1.82, 2.24) is 0 Å². The highest BCUT2D eigenvalue weighted by Crippen LogP contribution is 2.52.